The predicted molar refractivity (Wildman–Crippen MR) is 57.4 cm³/mol. The fourth-order valence-corrected chi connectivity index (χ4v) is 1.92. The van der Waals surface area contributed by atoms with Crippen LogP contribution in [0.15, 0.2) is 0 Å². The van der Waals surface area contributed by atoms with Crippen molar-refractivity contribution in [1.82, 2.24) is 0 Å². The Morgan fingerprint density at radius 2 is 1.71 bits per heavy atom. The molecule has 0 fully saturated rings. The molecule has 102 valence electrons. The maximum Gasteiger partial charge on any atom is 0.334 e. The summed E-state index contributed by atoms with van der Waals surface area (Å²) in [6, 6.07) is 0. The summed E-state index contributed by atoms with van der Waals surface area (Å²) in [6.45, 7) is -0.226. The lowest BCUT2D eigenvalue weighted by Gasteiger charge is -2.11. The molecule has 1 atom stereocenters. The molecule has 0 heterocycles. The molecule has 0 aliphatic heterocycles. The van der Waals surface area contributed by atoms with E-state index in [0.29, 0.717) is 0 Å². The minimum Gasteiger partial charge on any atom is -0.479 e. The molecule has 0 saturated heterocycles. The molecule has 0 radical (unpaired) electrons. The Morgan fingerprint density at radius 1 is 1.18 bits per heavy atom. The lowest BCUT2D eigenvalue weighted by molar-refractivity contribution is -0.145. The molecular weight excluding hydrogens is 276 g/mol. The van der Waals surface area contributed by atoms with E-state index in [9.17, 15) is 21.6 Å². The van der Waals surface area contributed by atoms with E-state index >= 15 is 0 Å². The summed E-state index contributed by atoms with van der Waals surface area (Å²) in [7, 11) is -7.46. The highest BCUT2D eigenvalue weighted by Gasteiger charge is 2.22. The highest BCUT2D eigenvalue weighted by molar-refractivity contribution is 7.86. The Hall–Kier alpha value is -0.710. The predicted octanol–water partition coefficient (Wildman–Crippen LogP) is -0.828. The third kappa shape index (κ3) is 10.2. The Kier molecular flexibility index (Phi) is 6.02. The quantitative estimate of drug-likeness (QED) is 0.454. The highest BCUT2D eigenvalue weighted by Crippen LogP contribution is 2.07. The van der Waals surface area contributed by atoms with Crippen LogP contribution in [-0.2, 0) is 33.4 Å². The molecule has 0 saturated carbocycles. The number of carbonyl (C=O) groups is 1. The number of carboxylic acid groups (broad SMARTS) is 1. The van der Waals surface area contributed by atoms with Gasteiger partial charge >= 0.3 is 5.97 Å². The van der Waals surface area contributed by atoms with E-state index in [1.807, 2.05) is 0 Å². The molecule has 17 heavy (non-hydrogen) atoms. The zero-order chi connectivity index (χ0) is 13.7. The van der Waals surface area contributed by atoms with Gasteiger partial charge in [0.2, 0.25) is 0 Å². The van der Waals surface area contributed by atoms with Gasteiger partial charge in [-0.1, -0.05) is 0 Å². The second kappa shape index (κ2) is 6.28. The van der Waals surface area contributed by atoms with Crippen molar-refractivity contribution in [3.8, 4) is 0 Å². The third-order valence-electron chi connectivity index (χ3n) is 1.47. The van der Waals surface area contributed by atoms with Crippen LogP contribution in [0, 0.1) is 0 Å². The average molecular weight is 290 g/mol. The largest absolute Gasteiger partial charge is 0.479 e. The first-order valence-electron chi connectivity index (χ1n) is 4.47. The molecular formula is C7H14O8S2. The van der Waals surface area contributed by atoms with Crippen LogP contribution in [-0.4, -0.2) is 53.1 Å². The molecule has 0 aliphatic carbocycles. The molecule has 0 aromatic rings. The van der Waals surface area contributed by atoms with Crippen LogP contribution in [0.1, 0.15) is 12.8 Å². The summed E-state index contributed by atoms with van der Waals surface area (Å²) in [5, 5.41) is 8.65. The van der Waals surface area contributed by atoms with Gasteiger partial charge in [0, 0.05) is 0 Å². The fraction of sp³-hybridized carbons (Fsp3) is 0.857. The minimum atomic E-state index is -3.87. The van der Waals surface area contributed by atoms with Gasteiger partial charge in [-0.25, -0.2) is 4.79 Å². The van der Waals surface area contributed by atoms with Gasteiger partial charge in [0.05, 0.1) is 19.1 Å². The van der Waals surface area contributed by atoms with Crippen molar-refractivity contribution in [3.05, 3.63) is 0 Å². The van der Waals surface area contributed by atoms with Crippen molar-refractivity contribution in [2.45, 2.75) is 18.9 Å². The molecule has 0 rings (SSSR count). The fourth-order valence-electron chi connectivity index (χ4n) is 0.903. The standard InChI is InChI=1S/C7H14O8S2/c1-16(10,11)14-5-3-4-6(7(8)9)15-17(2,12)13/h6H,3-5H2,1-2H3,(H,8,9). The van der Waals surface area contributed by atoms with Crippen molar-refractivity contribution in [1.29, 1.82) is 0 Å². The van der Waals surface area contributed by atoms with E-state index in [1.54, 1.807) is 0 Å². The Balaban J connectivity index is 4.17. The minimum absolute atomic E-state index is 0.0412. The van der Waals surface area contributed by atoms with E-state index in [-0.39, 0.29) is 19.4 Å². The molecule has 8 nitrogen and oxygen atoms in total. The molecule has 0 amide bonds. The summed E-state index contributed by atoms with van der Waals surface area (Å²) in [6.07, 6.45) is -0.0737. The molecule has 10 heteroatoms. The Morgan fingerprint density at radius 3 is 2.06 bits per heavy atom. The van der Waals surface area contributed by atoms with Crippen LogP contribution in [0.25, 0.3) is 0 Å². The Labute approximate surface area is 99.8 Å². The molecule has 0 spiro atoms. The van der Waals surface area contributed by atoms with Gasteiger partial charge in [-0.3, -0.25) is 8.37 Å². The summed E-state index contributed by atoms with van der Waals surface area (Å²) < 4.78 is 51.3. The van der Waals surface area contributed by atoms with Crippen LogP contribution in [0.4, 0.5) is 0 Å². The number of rotatable bonds is 8. The van der Waals surface area contributed by atoms with Gasteiger partial charge in [0.1, 0.15) is 0 Å². The van der Waals surface area contributed by atoms with E-state index in [4.69, 9.17) is 5.11 Å². The van der Waals surface area contributed by atoms with Crippen LogP contribution < -0.4 is 0 Å². The molecule has 0 bridgehead atoms. The van der Waals surface area contributed by atoms with Crippen LogP contribution in [0.5, 0.6) is 0 Å². The second-order valence-corrected chi connectivity index (χ2v) is 6.54. The molecule has 1 N–H and O–H groups in total. The SMILES string of the molecule is CS(=O)(=O)OCCCC(OS(C)(=O)=O)C(=O)O. The monoisotopic (exact) mass is 290 g/mol. The van der Waals surface area contributed by atoms with Gasteiger partial charge in [-0.2, -0.15) is 16.8 Å². The number of hydrogen-bond acceptors (Lipinski definition) is 7. The lowest BCUT2D eigenvalue weighted by Crippen LogP contribution is -2.27. The molecule has 1 unspecified atom stereocenters. The second-order valence-electron chi connectivity index (χ2n) is 3.30. The summed E-state index contributed by atoms with van der Waals surface area (Å²) >= 11 is 0. The lowest BCUT2D eigenvalue weighted by atomic mass is 10.2. The zero-order valence-corrected chi connectivity index (χ0v) is 11.0. The smallest absolute Gasteiger partial charge is 0.334 e. The van der Waals surface area contributed by atoms with Crippen molar-refractivity contribution < 1.29 is 35.1 Å². The maximum absolute atomic E-state index is 10.7. The van der Waals surface area contributed by atoms with Gasteiger partial charge in [-0.15, -0.1) is 0 Å². The summed E-state index contributed by atoms with van der Waals surface area (Å²) in [5.74, 6) is -1.44. The van der Waals surface area contributed by atoms with E-state index in [2.05, 4.69) is 8.37 Å². The van der Waals surface area contributed by atoms with Crippen LogP contribution >= 0.6 is 0 Å². The van der Waals surface area contributed by atoms with E-state index < -0.39 is 32.3 Å². The van der Waals surface area contributed by atoms with Crippen LogP contribution in [0.2, 0.25) is 0 Å². The van der Waals surface area contributed by atoms with E-state index in [0.717, 1.165) is 12.5 Å². The van der Waals surface area contributed by atoms with Crippen molar-refractivity contribution in [2.24, 2.45) is 0 Å². The van der Waals surface area contributed by atoms with Crippen molar-refractivity contribution >= 4 is 26.2 Å². The number of hydrogen-bond donors (Lipinski definition) is 1. The average Bonchev–Trinajstić information content (AvgIpc) is 2.06. The normalized spacial score (nSPS) is 14.5. The maximum atomic E-state index is 10.7. The molecule has 0 aliphatic rings. The topological polar surface area (TPSA) is 124 Å². The van der Waals surface area contributed by atoms with Crippen LogP contribution in [0.3, 0.4) is 0 Å². The summed E-state index contributed by atoms with van der Waals surface area (Å²) in [4.78, 5) is 10.6. The number of aliphatic carboxylic acids is 1. The van der Waals surface area contributed by atoms with E-state index in [1.165, 1.54) is 0 Å². The first-order valence-corrected chi connectivity index (χ1v) is 8.10. The molecule has 0 aromatic carbocycles. The van der Waals surface area contributed by atoms with Crippen molar-refractivity contribution in [3.63, 3.8) is 0 Å². The zero-order valence-electron chi connectivity index (χ0n) is 9.32. The first-order chi connectivity index (χ1) is 7.51. The highest BCUT2D eigenvalue weighted by atomic mass is 32.2. The number of carboxylic acids is 1. The van der Waals surface area contributed by atoms with Crippen molar-refractivity contribution in [2.75, 3.05) is 19.1 Å². The van der Waals surface area contributed by atoms with Gasteiger partial charge in [0.25, 0.3) is 20.2 Å². The third-order valence-corrected chi connectivity index (χ3v) is 2.65. The molecule has 0 aromatic heterocycles. The Bertz CT molecular complexity index is 448. The van der Waals surface area contributed by atoms with Gasteiger partial charge in [0.15, 0.2) is 6.10 Å². The first kappa shape index (κ1) is 16.3. The summed E-state index contributed by atoms with van der Waals surface area (Å²) in [5.41, 5.74) is 0. The van der Waals surface area contributed by atoms with Gasteiger partial charge < -0.3 is 5.11 Å². The van der Waals surface area contributed by atoms with Gasteiger partial charge in [-0.05, 0) is 12.8 Å².